The van der Waals surface area contributed by atoms with E-state index in [1.54, 1.807) is 0 Å². The maximum Gasteiger partial charge on any atom is 0.145 e. The highest BCUT2D eigenvalue weighted by Gasteiger charge is 2.54. The standard InChI is InChI=1S/C82H65N3O/c1-80(2,3)56-38-46-60(47-39-56)84(58-42-34-54(35-43-58)52-22-10-8-11-23-52)71-50-69-77(79-74(71)65-29-17-21-33-73(65)86-79)76-68(82(69)66-30-18-14-26-62(66)63-27-15-19-31-67(63)82)51-72(78-75(76)64-28-16-20-32-70(64)83(78)7)85(61-48-40-57(41-49-61)81(4,5)6)59-44-36-55(37-45-59)53-24-12-9-13-25-53/h8-51H,1-7H3. The Morgan fingerprint density at radius 3 is 1.29 bits per heavy atom. The average Bonchev–Trinajstić information content (AvgIpc) is 1.49. The number of nitrogens with zero attached hydrogens (tertiary/aromatic N) is 3. The molecule has 16 rings (SSSR count). The van der Waals surface area contributed by atoms with Crippen LogP contribution >= 0.6 is 0 Å². The molecule has 14 aromatic rings. The van der Waals surface area contributed by atoms with Crippen molar-refractivity contribution < 1.29 is 4.42 Å². The number of benzene rings is 12. The van der Waals surface area contributed by atoms with Gasteiger partial charge in [0.2, 0.25) is 0 Å². The number of furan rings is 1. The van der Waals surface area contributed by atoms with Gasteiger partial charge in [-0.1, -0.05) is 236 Å². The molecule has 1 spiro atoms. The molecule has 0 N–H and O–H groups in total. The van der Waals surface area contributed by atoms with Gasteiger partial charge in [0.15, 0.2) is 0 Å². The van der Waals surface area contributed by atoms with Crippen molar-refractivity contribution in [3.8, 4) is 44.5 Å². The molecule has 0 saturated heterocycles. The topological polar surface area (TPSA) is 24.6 Å². The second-order valence-electron chi connectivity index (χ2n) is 25.7. The van der Waals surface area contributed by atoms with Gasteiger partial charge in [0.25, 0.3) is 0 Å². The number of aromatic nitrogens is 1. The lowest BCUT2D eigenvalue weighted by atomic mass is 9.70. The quantitative estimate of drug-likeness (QED) is 0.152. The number of fused-ring (bicyclic) bond motifs is 18. The van der Waals surface area contributed by atoms with Crippen molar-refractivity contribution in [2.75, 3.05) is 9.80 Å². The number of para-hydroxylation sites is 2. The molecule has 0 aliphatic heterocycles. The van der Waals surface area contributed by atoms with Crippen molar-refractivity contribution in [2.24, 2.45) is 7.05 Å². The first kappa shape index (κ1) is 51.5. The van der Waals surface area contributed by atoms with Crippen LogP contribution in [0.25, 0.3) is 88.3 Å². The van der Waals surface area contributed by atoms with Crippen molar-refractivity contribution in [1.29, 1.82) is 0 Å². The minimum atomic E-state index is -0.808. The van der Waals surface area contributed by atoms with Crippen LogP contribution in [0.2, 0.25) is 0 Å². The molecular weight excluding hydrogens is 1040 g/mol. The second-order valence-corrected chi connectivity index (χ2v) is 25.7. The Kier molecular flexibility index (Phi) is 11.5. The van der Waals surface area contributed by atoms with Gasteiger partial charge < -0.3 is 18.8 Å². The predicted molar refractivity (Wildman–Crippen MR) is 362 cm³/mol. The smallest absolute Gasteiger partial charge is 0.145 e. The Hall–Kier alpha value is -10.2. The molecule has 0 fully saturated rings. The summed E-state index contributed by atoms with van der Waals surface area (Å²) in [7, 11) is 2.26. The number of hydrogen-bond acceptors (Lipinski definition) is 3. The maximum atomic E-state index is 7.66. The summed E-state index contributed by atoms with van der Waals surface area (Å²) >= 11 is 0. The molecule has 0 atom stereocenters. The van der Waals surface area contributed by atoms with Crippen molar-refractivity contribution in [2.45, 2.75) is 57.8 Å². The zero-order valence-corrected chi connectivity index (χ0v) is 49.7. The van der Waals surface area contributed by atoms with Crippen LogP contribution in [-0.4, -0.2) is 4.57 Å². The van der Waals surface area contributed by atoms with Crippen molar-refractivity contribution in [3.63, 3.8) is 0 Å². The van der Waals surface area contributed by atoms with E-state index in [0.717, 1.165) is 72.7 Å². The number of aryl methyl sites for hydroxylation is 1. The van der Waals surface area contributed by atoms with E-state index in [1.165, 1.54) is 83.1 Å². The summed E-state index contributed by atoms with van der Waals surface area (Å²) in [6.45, 7) is 13.8. The van der Waals surface area contributed by atoms with Gasteiger partial charge in [-0.15, -0.1) is 0 Å². The first-order chi connectivity index (χ1) is 41.9. The zero-order chi connectivity index (χ0) is 58.2. The highest BCUT2D eigenvalue weighted by molar-refractivity contribution is 6.27. The van der Waals surface area contributed by atoms with E-state index in [-0.39, 0.29) is 10.8 Å². The lowest BCUT2D eigenvalue weighted by molar-refractivity contribution is 0.590. The predicted octanol–water partition coefficient (Wildman–Crippen LogP) is 22.4. The molecule has 0 bridgehead atoms. The molecule has 4 heteroatoms. The molecule has 0 saturated carbocycles. The van der Waals surface area contributed by atoms with Crippen LogP contribution in [0, 0.1) is 0 Å². The fraction of sp³-hybridized carbons (Fsp3) is 0.122. The molecule has 2 aromatic heterocycles. The van der Waals surface area contributed by atoms with Gasteiger partial charge in [0.05, 0.1) is 27.7 Å². The Labute approximate surface area is 503 Å². The Balaban J connectivity index is 1.06. The first-order valence-corrected chi connectivity index (χ1v) is 30.2. The second kappa shape index (κ2) is 19.2. The number of rotatable bonds is 8. The summed E-state index contributed by atoms with van der Waals surface area (Å²) in [6, 6.07) is 99.6. The fourth-order valence-corrected chi connectivity index (χ4v) is 14.6. The number of anilines is 6. The highest BCUT2D eigenvalue weighted by Crippen LogP contribution is 2.68. The van der Waals surface area contributed by atoms with Gasteiger partial charge >= 0.3 is 0 Å². The molecule has 0 amide bonds. The number of hydrogen-bond donors (Lipinski definition) is 0. The molecule has 2 aliphatic rings. The molecule has 2 aliphatic carbocycles. The average molecular weight is 1110 g/mol. The molecule has 12 aromatic carbocycles. The molecule has 0 unspecified atom stereocenters. The van der Waals surface area contributed by atoms with E-state index >= 15 is 0 Å². The van der Waals surface area contributed by atoms with E-state index < -0.39 is 5.41 Å². The van der Waals surface area contributed by atoms with Crippen molar-refractivity contribution in [1.82, 2.24) is 4.57 Å². The Morgan fingerprint density at radius 2 is 0.767 bits per heavy atom. The summed E-state index contributed by atoms with van der Waals surface area (Å²) in [6.07, 6.45) is 0. The first-order valence-electron chi connectivity index (χ1n) is 30.2. The summed E-state index contributed by atoms with van der Waals surface area (Å²) in [5, 5.41) is 4.54. The fourth-order valence-electron chi connectivity index (χ4n) is 14.6. The van der Waals surface area contributed by atoms with Crippen LogP contribution in [0.4, 0.5) is 34.1 Å². The van der Waals surface area contributed by atoms with Crippen LogP contribution in [0.5, 0.6) is 0 Å². The molecule has 86 heavy (non-hydrogen) atoms. The SMILES string of the molecule is Cn1c2ccccc2c2c3c(cc(N(c4ccc(-c5ccccc5)cc4)c4ccc(C(C)(C)C)cc4)c21)C1(c2ccccc2-c2ccccc21)c1cc(N(c2ccc(-c4ccccc4)cc2)c2ccc(C(C)(C)C)cc2)c2c(oc4ccccc42)c1-3. The van der Waals surface area contributed by atoms with Gasteiger partial charge in [0.1, 0.15) is 11.2 Å². The third-order valence-electron chi connectivity index (χ3n) is 18.7. The summed E-state index contributed by atoms with van der Waals surface area (Å²) in [4.78, 5) is 5.02. The molecule has 0 radical (unpaired) electrons. The van der Waals surface area contributed by atoms with Crippen molar-refractivity contribution >= 4 is 77.9 Å². The molecule has 4 nitrogen and oxygen atoms in total. The summed E-state index contributed by atoms with van der Waals surface area (Å²) < 4.78 is 10.1. The van der Waals surface area contributed by atoms with Crippen LogP contribution in [-0.2, 0) is 23.3 Å². The van der Waals surface area contributed by atoms with E-state index in [0.29, 0.717) is 0 Å². The summed E-state index contributed by atoms with van der Waals surface area (Å²) in [5.74, 6) is 0. The minimum Gasteiger partial charge on any atom is -0.455 e. The van der Waals surface area contributed by atoms with E-state index in [4.69, 9.17) is 4.42 Å². The van der Waals surface area contributed by atoms with Crippen LogP contribution in [0.1, 0.15) is 74.9 Å². The maximum absolute atomic E-state index is 7.66. The van der Waals surface area contributed by atoms with E-state index in [2.05, 4.69) is 330 Å². The Morgan fingerprint density at radius 1 is 0.360 bits per heavy atom. The van der Waals surface area contributed by atoms with Gasteiger partial charge in [-0.05, 0) is 150 Å². The molecule has 414 valence electrons. The highest BCUT2D eigenvalue weighted by atomic mass is 16.3. The van der Waals surface area contributed by atoms with Crippen LogP contribution in [0.3, 0.4) is 0 Å². The zero-order valence-electron chi connectivity index (χ0n) is 49.7. The molecule has 2 heterocycles. The normalized spacial score (nSPS) is 13.2. The van der Waals surface area contributed by atoms with Gasteiger partial charge in [-0.2, -0.15) is 0 Å². The third-order valence-corrected chi connectivity index (χ3v) is 18.7. The Bertz CT molecular complexity index is 4930. The van der Waals surface area contributed by atoms with Crippen molar-refractivity contribution in [3.05, 3.63) is 300 Å². The van der Waals surface area contributed by atoms with E-state index in [9.17, 15) is 0 Å². The van der Waals surface area contributed by atoms with Crippen LogP contribution in [0.15, 0.2) is 271 Å². The lowest BCUT2D eigenvalue weighted by Gasteiger charge is -2.34. The van der Waals surface area contributed by atoms with Gasteiger partial charge in [-0.3, -0.25) is 0 Å². The van der Waals surface area contributed by atoms with Gasteiger partial charge in [-0.25, -0.2) is 0 Å². The lowest BCUT2D eigenvalue weighted by Crippen LogP contribution is -2.27. The van der Waals surface area contributed by atoms with Crippen LogP contribution < -0.4 is 9.80 Å². The van der Waals surface area contributed by atoms with Gasteiger partial charge in [0, 0.05) is 62.6 Å². The minimum absolute atomic E-state index is 0.0311. The largest absolute Gasteiger partial charge is 0.455 e. The van der Waals surface area contributed by atoms with E-state index in [1.807, 2.05) is 0 Å². The summed E-state index contributed by atoms with van der Waals surface area (Å²) in [5.41, 5.74) is 26.6. The monoisotopic (exact) mass is 1110 g/mol. The third kappa shape index (κ3) is 7.68. The molecular formula is C82H65N3O.